The summed E-state index contributed by atoms with van der Waals surface area (Å²) < 4.78 is 38.4. The first-order chi connectivity index (χ1) is 12.0. The lowest BCUT2D eigenvalue weighted by Crippen LogP contribution is -2.04. The molecule has 0 atom stereocenters. The summed E-state index contributed by atoms with van der Waals surface area (Å²) in [4.78, 5) is 8.33. The van der Waals surface area contributed by atoms with Crippen LogP contribution in [-0.4, -0.2) is 9.97 Å². The molecule has 0 fully saturated rings. The third-order valence-corrected chi connectivity index (χ3v) is 4.23. The molecule has 0 bridgehead atoms. The van der Waals surface area contributed by atoms with E-state index in [1.165, 1.54) is 29.5 Å². The first-order valence-corrected chi connectivity index (χ1v) is 8.01. The van der Waals surface area contributed by atoms with Crippen LogP contribution in [-0.2, 0) is 6.18 Å². The van der Waals surface area contributed by atoms with Gasteiger partial charge in [0.05, 0.1) is 16.8 Å². The van der Waals surface area contributed by atoms with Crippen molar-refractivity contribution >= 4 is 23.0 Å². The number of hydrogen-bond donors (Lipinski definition) is 0. The highest BCUT2D eigenvalue weighted by Crippen LogP contribution is 2.31. The van der Waals surface area contributed by atoms with Crippen molar-refractivity contribution in [3.8, 4) is 17.3 Å². The molecule has 1 aromatic carbocycles. The van der Waals surface area contributed by atoms with Gasteiger partial charge in [-0.1, -0.05) is 12.1 Å². The summed E-state index contributed by atoms with van der Waals surface area (Å²) >= 11 is 1.26. The number of pyridine rings is 1. The Morgan fingerprint density at radius 2 is 1.92 bits per heavy atom. The van der Waals surface area contributed by atoms with Gasteiger partial charge in [0, 0.05) is 23.3 Å². The number of alkyl halides is 3. The molecule has 0 saturated heterocycles. The lowest BCUT2D eigenvalue weighted by atomic mass is 10.1. The number of benzene rings is 1. The first kappa shape index (κ1) is 16.9. The van der Waals surface area contributed by atoms with E-state index < -0.39 is 11.7 Å². The molecule has 0 aliphatic carbocycles. The Balaban J connectivity index is 1.95. The lowest BCUT2D eigenvalue weighted by Gasteiger charge is -2.06. The molecule has 0 amide bonds. The van der Waals surface area contributed by atoms with Gasteiger partial charge in [0.2, 0.25) is 0 Å². The van der Waals surface area contributed by atoms with E-state index in [0.717, 1.165) is 17.7 Å². The predicted octanol–water partition coefficient (Wildman–Crippen LogP) is 5.29. The van der Waals surface area contributed by atoms with E-state index in [2.05, 4.69) is 9.97 Å². The molecule has 3 aromatic rings. The SMILES string of the molecule is N#C/C(=C\c1cccc(C(F)(F)F)c1)c1nc(-c2ccncc2)cs1. The summed E-state index contributed by atoms with van der Waals surface area (Å²) in [5.41, 5.74) is 1.30. The van der Waals surface area contributed by atoms with Gasteiger partial charge in [-0.25, -0.2) is 4.98 Å². The number of aromatic nitrogens is 2. The number of halogens is 3. The minimum absolute atomic E-state index is 0.213. The van der Waals surface area contributed by atoms with Gasteiger partial charge in [0.15, 0.2) is 0 Å². The molecule has 0 spiro atoms. The van der Waals surface area contributed by atoms with Crippen LogP contribution in [0.2, 0.25) is 0 Å². The Labute approximate surface area is 145 Å². The highest BCUT2D eigenvalue weighted by Gasteiger charge is 2.30. The Bertz CT molecular complexity index is 953. The normalized spacial score (nSPS) is 12.0. The van der Waals surface area contributed by atoms with Crippen molar-refractivity contribution in [1.29, 1.82) is 5.26 Å². The van der Waals surface area contributed by atoms with Crippen molar-refractivity contribution in [2.24, 2.45) is 0 Å². The Kier molecular flexibility index (Phi) is 4.63. The number of hydrogen-bond acceptors (Lipinski definition) is 4. The average Bonchev–Trinajstić information content (AvgIpc) is 3.10. The lowest BCUT2D eigenvalue weighted by molar-refractivity contribution is -0.137. The predicted molar refractivity (Wildman–Crippen MR) is 90.3 cm³/mol. The van der Waals surface area contributed by atoms with Crippen molar-refractivity contribution in [3.63, 3.8) is 0 Å². The Hall–Kier alpha value is -2.98. The quantitative estimate of drug-likeness (QED) is 0.599. The molecule has 0 aliphatic rings. The Morgan fingerprint density at radius 3 is 2.60 bits per heavy atom. The van der Waals surface area contributed by atoms with Crippen molar-refractivity contribution in [2.75, 3.05) is 0 Å². The minimum Gasteiger partial charge on any atom is -0.265 e. The van der Waals surface area contributed by atoms with E-state index in [1.54, 1.807) is 29.9 Å². The van der Waals surface area contributed by atoms with Crippen molar-refractivity contribution in [1.82, 2.24) is 9.97 Å². The summed E-state index contributed by atoms with van der Waals surface area (Å²) in [6.45, 7) is 0. The fraction of sp³-hybridized carbons (Fsp3) is 0.0556. The largest absolute Gasteiger partial charge is 0.416 e. The summed E-state index contributed by atoms with van der Waals surface area (Å²) in [6, 6.07) is 10.4. The monoisotopic (exact) mass is 357 g/mol. The van der Waals surface area contributed by atoms with Crippen LogP contribution in [0.4, 0.5) is 13.2 Å². The smallest absolute Gasteiger partial charge is 0.265 e. The fourth-order valence-corrected chi connectivity index (χ4v) is 2.96. The molecular formula is C18H10F3N3S. The first-order valence-electron chi connectivity index (χ1n) is 7.13. The van der Waals surface area contributed by atoms with E-state index >= 15 is 0 Å². The van der Waals surface area contributed by atoms with Crippen LogP contribution in [0.3, 0.4) is 0 Å². The van der Waals surface area contributed by atoms with Gasteiger partial charge in [-0.05, 0) is 35.9 Å². The van der Waals surface area contributed by atoms with Crippen LogP contribution in [0.25, 0.3) is 22.9 Å². The molecular weight excluding hydrogens is 347 g/mol. The molecule has 0 saturated carbocycles. The van der Waals surface area contributed by atoms with Gasteiger partial charge >= 0.3 is 6.18 Å². The second kappa shape index (κ2) is 6.87. The number of allylic oxidation sites excluding steroid dienone is 1. The molecule has 7 heteroatoms. The van der Waals surface area contributed by atoms with Gasteiger partial charge in [0.1, 0.15) is 11.1 Å². The summed E-state index contributed by atoms with van der Waals surface area (Å²) in [7, 11) is 0. The maximum atomic E-state index is 12.8. The molecule has 0 aliphatic heterocycles. The van der Waals surface area contributed by atoms with Crippen LogP contribution < -0.4 is 0 Å². The van der Waals surface area contributed by atoms with E-state index in [9.17, 15) is 18.4 Å². The zero-order valence-corrected chi connectivity index (χ0v) is 13.5. The number of thiazole rings is 1. The molecule has 124 valence electrons. The van der Waals surface area contributed by atoms with E-state index in [0.29, 0.717) is 16.3 Å². The van der Waals surface area contributed by atoms with Crippen LogP contribution in [0.15, 0.2) is 54.2 Å². The highest BCUT2D eigenvalue weighted by atomic mass is 32.1. The Morgan fingerprint density at radius 1 is 1.16 bits per heavy atom. The second-order valence-electron chi connectivity index (χ2n) is 5.07. The number of nitriles is 1. The summed E-state index contributed by atoms with van der Waals surface area (Å²) in [5.74, 6) is 0. The minimum atomic E-state index is -4.42. The van der Waals surface area contributed by atoms with Crippen LogP contribution in [0, 0.1) is 11.3 Å². The maximum absolute atomic E-state index is 12.8. The van der Waals surface area contributed by atoms with E-state index in [-0.39, 0.29) is 5.57 Å². The van der Waals surface area contributed by atoms with Crippen LogP contribution in [0.5, 0.6) is 0 Å². The highest BCUT2D eigenvalue weighted by molar-refractivity contribution is 7.11. The van der Waals surface area contributed by atoms with Crippen molar-refractivity contribution in [2.45, 2.75) is 6.18 Å². The molecule has 0 unspecified atom stereocenters. The van der Waals surface area contributed by atoms with Gasteiger partial charge in [-0.3, -0.25) is 4.98 Å². The summed E-state index contributed by atoms with van der Waals surface area (Å²) in [6.07, 6.45) is 0.257. The molecule has 0 N–H and O–H groups in total. The van der Waals surface area contributed by atoms with Gasteiger partial charge in [-0.2, -0.15) is 18.4 Å². The zero-order valence-electron chi connectivity index (χ0n) is 12.7. The number of rotatable bonds is 3. The van der Waals surface area contributed by atoms with Gasteiger partial charge in [0.25, 0.3) is 0 Å². The molecule has 2 heterocycles. The van der Waals surface area contributed by atoms with Gasteiger partial charge < -0.3 is 0 Å². The third kappa shape index (κ3) is 3.92. The third-order valence-electron chi connectivity index (χ3n) is 3.36. The fourth-order valence-electron chi connectivity index (χ4n) is 2.17. The van der Waals surface area contributed by atoms with Crippen LogP contribution >= 0.6 is 11.3 Å². The molecule has 25 heavy (non-hydrogen) atoms. The molecule has 2 aromatic heterocycles. The molecule has 0 radical (unpaired) electrons. The standard InChI is InChI=1S/C18H10F3N3S/c19-18(20,21)15-3-1-2-12(9-15)8-14(10-22)17-24-16(11-25-17)13-4-6-23-7-5-13/h1-9,11H/b14-8+. The van der Waals surface area contributed by atoms with Crippen molar-refractivity contribution in [3.05, 3.63) is 70.3 Å². The molecule has 3 rings (SSSR count). The average molecular weight is 357 g/mol. The van der Waals surface area contributed by atoms with Crippen molar-refractivity contribution < 1.29 is 13.2 Å². The van der Waals surface area contributed by atoms with Gasteiger partial charge in [-0.15, -0.1) is 11.3 Å². The molecule has 3 nitrogen and oxygen atoms in total. The maximum Gasteiger partial charge on any atom is 0.416 e. The zero-order chi connectivity index (χ0) is 17.9. The van der Waals surface area contributed by atoms with E-state index in [1.807, 2.05) is 6.07 Å². The topological polar surface area (TPSA) is 49.6 Å². The second-order valence-corrected chi connectivity index (χ2v) is 5.92. The van der Waals surface area contributed by atoms with E-state index in [4.69, 9.17) is 0 Å². The van der Waals surface area contributed by atoms with Crippen LogP contribution in [0.1, 0.15) is 16.1 Å². The number of nitrogens with zero attached hydrogens (tertiary/aromatic N) is 3. The summed E-state index contributed by atoms with van der Waals surface area (Å²) in [5, 5.41) is 11.6.